The second-order valence-corrected chi connectivity index (χ2v) is 7.94. The molecular formula is C28H22N2. The maximum atomic E-state index is 2.31. The Morgan fingerprint density at radius 2 is 0.600 bits per heavy atom. The van der Waals surface area contributed by atoms with Crippen molar-refractivity contribution in [3.8, 4) is 0 Å². The Bertz CT molecular complexity index is 1130. The molecule has 0 N–H and O–H groups in total. The summed E-state index contributed by atoms with van der Waals surface area (Å²) < 4.78 is 0. The molecule has 4 aromatic carbocycles. The number of hydrogen-bond acceptors (Lipinski definition) is 2. The summed E-state index contributed by atoms with van der Waals surface area (Å²) in [4.78, 5) is 4.61. The van der Waals surface area contributed by atoms with E-state index in [9.17, 15) is 0 Å². The van der Waals surface area contributed by atoms with Crippen LogP contribution in [0, 0.1) is 0 Å². The van der Waals surface area contributed by atoms with Gasteiger partial charge in [-0.3, -0.25) is 0 Å². The minimum atomic E-state index is 1.24. The van der Waals surface area contributed by atoms with Crippen LogP contribution in [0.1, 0.15) is 22.3 Å². The molecule has 0 aromatic heterocycles. The van der Waals surface area contributed by atoms with Gasteiger partial charge in [-0.05, 0) is 24.3 Å². The lowest BCUT2D eigenvalue weighted by Gasteiger charge is -2.37. The molecule has 144 valence electrons. The second-order valence-electron chi connectivity index (χ2n) is 7.94. The first-order valence-electron chi connectivity index (χ1n) is 10.3. The molecular weight excluding hydrogens is 364 g/mol. The normalized spacial score (nSPS) is 14.1. The molecule has 2 nitrogen and oxygen atoms in total. The van der Waals surface area contributed by atoms with Crippen molar-refractivity contribution in [2.24, 2.45) is 0 Å². The van der Waals surface area contributed by atoms with Gasteiger partial charge in [-0.25, -0.2) is 0 Å². The molecule has 2 aliphatic heterocycles. The molecule has 0 unspecified atom stereocenters. The van der Waals surface area contributed by atoms with E-state index < -0.39 is 0 Å². The van der Waals surface area contributed by atoms with Crippen LogP contribution in [0.3, 0.4) is 0 Å². The van der Waals surface area contributed by atoms with Crippen molar-refractivity contribution in [3.63, 3.8) is 0 Å². The van der Waals surface area contributed by atoms with Crippen LogP contribution in [-0.4, -0.2) is 14.1 Å². The molecule has 6 rings (SSSR count). The Balaban J connectivity index is 1.81. The number of hydrogen-bond donors (Lipinski definition) is 0. The highest BCUT2D eigenvalue weighted by atomic mass is 15.1. The molecule has 0 fully saturated rings. The number of rotatable bonds is 0. The first-order valence-corrected chi connectivity index (χ1v) is 10.3. The summed E-state index contributed by atoms with van der Waals surface area (Å²) >= 11 is 0. The fourth-order valence-corrected chi connectivity index (χ4v) is 5.00. The zero-order chi connectivity index (χ0) is 20.2. The van der Waals surface area contributed by atoms with Gasteiger partial charge in [-0.1, -0.05) is 72.8 Å². The van der Waals surface area contributed by atoms with Crippen molar-refractivity contribution in [1.29, 1.82) is 0 Å². The molecule has 2 heteroatoms. The van der Waals surface area contributed by atoms with E-state index in [2.05, 4.69) is 121 Å². The van der Waals surface area contributed by atoms with Crippen molar-refractivity contribution >= 4 is 33.9 Å². The van der Waals surface area contributed by atoms with Crippen LogP contribution < -0.4 is 9.80 Å². The van der Waals surface area contributed by atoms with Gasteiger partial charge >= 0.3 is 0 Å². The van der Waals surface area contributed by atoms with Crippen LogP contribution in [-0.2, 0) is 0 Å². The molecule has 0 spiro atoms. The average molecular weight is 386 g/mol. The van der Waals surface area contributed by atoms with E-state index in [4.69, 9.17) is 0 Å². The molecule has 2 heterocycles. The number of nitrogens with zero attached hydrogens (tertiary/aromatic N) is 2. The molecule has 0 saturated carbocycles. The van der Waals surface area contributed by atoms with Crippen LogP contribution in [0.5, 0.6) is 0 Å². The lowest BCUT2D eigenvalue weighted by Crippen LogP contribution is -2.21. The van der Waals surface area contributed by atoms with E-state index in [1.807, 2.05) is 0 Å². The number of anilines is 4. The van der Waals surface area contributed by atoms with Crippen molar-refractivity contribution < 1.29 is 0 Å². The van der Waals surface area contributed by atoms with Crippen molar-refractivity contribution in [2.75, 3.05) is 23.9 Å². The smallest absolute Gasteiger partial charge is 0.0488 e. The molecule has 30 heavy (non-hydrogen) atoms. The molecule has 0 radical (unpaired) electrons. The molecule has 0 atom stereocenters. The maximum absolute atomic E-state index is 2.31. The SMILES string of the molecule is CN1c2ccccc2C(=C2c3ccccc3N(C)c3ccccc32)c2ccccc21. The quantitative estimate of drug-likeness (QED) is 0.326. The second kappa shape index (κ2) is 6.36. The summed E-state index contributed by atoms with van der Waals surface area (Å²) in [5.74, 6) is 0. The lowest BCUT2D eigenvalue weighted by atomic mass is 9.80. The fourth-order valence-electron chi connectivity index (χ4n) is 5.00. The molecule has 4 aromatic rings. The van der Waals surface area contributed by atoms with E-state index in [1.165, 1.54) is 56.1 Å². The van der Waals surface area contributed by atoms with Crippen LogP contribution in [0.4, 0.5) is 22.7 Å². The Morgan fingerprint density at radius 3 is 0.867 bits per heavy atom. The molecule has 0 bridgehead atoms. The van der Waals surface area contributed by atoms with Crippen LogP contribution >= 0.6 is 0 Å². The topological polar surface area (TPSA) is 6.48 Å². The standard InChI is InChI=1S/C28H22N2/c1-29-23-15-7-3-11-19(23)27(20-12-4-8-16-24(20)29)28-21-13-5-9-17-25(21)30(2)26-18-10-6-14-22(26)28/h3-18H,1-2H3. The number of benzene rings is 4. The highest BCUT2D eigenvalue weighted by Gasteiger charge is 2.31. The Morgan fingerprint density at radius 1 is 0.367 bits per heavy atom. The van der Waals surface area contributed by atoms with Gasteiger partial charge < -0.3 is 9.80 Å². The van der Waals surface area contributed by atoms with Gasteiger partial charge in [0.2, 0.25) is 0 Å². The third-order valence-corrected chi connectivity index (χ3v) is 6.39. The van der Waals surface area contributed by atoms with Crippen molar-refractivity contribution in [1.82, 2.24) is 0 Å². The predicted molar refractivity (Wildman–Crippen MR) is 127 cm³/mol. The van der Waals surface area contributed by atoms with E-state index in [0.717, 1.165) is 0 Å². The van der Waals surface area contributed by atoms with Gasteiger partial charge in [0.25, 0.3) is 0 Å². The zero-order valence-corrected chi connectivity index (χ0v) is 17.1. The summed E-state index contributed by atoms with van der Waals surface area (Å²) in [6.07, 6.45) is 0. The first kappa shape index (κ1) is 17.1. The summed E-state index contributed by atoms with van der Waals surface area (Å²) in [5.41, 5.74) is 12.7. The highest BCUT2D eigenvalue weighted by molar-refractivity contribution is 6.15. The third-order valence-electron chi connectivity index (χ3n) is 6.39. The summed E-state index contributed by atoms with van der Waals surface area (Å²) in [6, 6.07) is 35.0. The van der Waals surface area contributed by atoms with Crippen LogP contribution in [0.25, 0.3) is 11.1 Å². The number of para-hydroxylation sites is 4. The molecule has 0 saturated heterocycles. The summed E-state index contributed by atoms with van der Waals surface area (Å²) in [6.45, 7) is 0. The minimum Gasteiger partial charge on any atom is -0.344 e. The molecule has 0 amide bonds. The monoisotopic (exact) mass is 386 g/mol. The Labute approximate surface area is 177 Å². The predicted octanol–water partition coefficient (Wildman–Crippen LogP) is 6.86. The third kappa shape index (κ3) is 2.25. The van der Waals surface area contributed by atoms with Crippen LogP contribution in [0.15, 0.2) is 97.1 Å². The van der Waals surface area contributed by atoms with Crippen molar-refractivity contribution in [3.05, 3.63) is 119 Å². The Kier molecular flexibility index (Phi) is 3.63. The largest absolute Gasteiger partial charge is 0.344 e. The number of fused-ring (bicyclic) bond motifs is 4. The summed E-state index contributed by atoms with van der Waals surface area (Å²) in [7, 11) is 4.32. The zero-order valence-electron chi connectivity index (χ0n) is 17.1. The van der Waals surface area contributed by atoms with Gasteiger partial charge in [-0.2, -0.15) is 0 Å². The van der Waals surface area contributed by atoms with E-state index >= 15 is 0 Å². The maximum Gasteiger partial charge on any atom is 0.0488 e. The molecule has 2 aliphatic rings. The van der Waals surface area contributed by atoms with Gasteiger partial charge in [0.05, 0.1) is 0 Å². The van der Waals surface area contributed by atoms with E-state index in [1.54, 1.807) is 0 Å². The lowest BCUT2D eigenvalue weighted by molar-refractivity contribution is 1.16. The van der Waals surface area contributed by atoms with Gasteiger partial charge in [-0.15, -0.1) is 0 Å². The molecule has 0 aliphatic carbocycles. The fraction of sp³-hybridized carbons (Fsp3) is 0.0714. The van der Waals surface area contributed by atoms with E-state index in [-0.39, 0.29) is 0 Å². The van der Waals surface area contributed by atoms with Crippen LogP contribution in [0.2, 0.25) is 0 Å². The first-order chi connectivity index (χ1) is 14.8. The van der Waals surface area contributed by atoms with Gasteiger partial charge in [0.1, 0.15) is 0 Å². The van der Waals surface area contributed by atoms with Gasteiger partial charge in [0.15, 0.2) is 0 Å². The minimum absolute atomic E-state index is 1.24. The Hall–Kier alpha value is -3.78. The highest BCUT2D eigenvalue weighted by Crippen LogP contribution is 2.53. The van der Waals surface area contributed by atoms with Crippen molar-refractivity contribution in [2.45, 2.75) is 0 Å². The van der Waals surface area contributed by atoms with E-state index in [0.29, 0.717) is 0 Å². The summed E-state index contributed by atoms with van der Waals surface area (Å²) in [5, 5.41) is 0. The van der Waals surface area contributed by atoms with Gasteiger partial charge in [0, 0.05) is 70.2 Å². The average Bonchev–Trinajstić information content (AvgIpc) is 2.81.